The molecule has 2 aromatic rings. The van der Waals surface area contributed by atoms with Crippen LogP contribution in [0.3, 0.4) is 0 Å². The Morgan fingerprint density at radius 2 is 1.70 bits per heavy atom. The normalized spacial score (nSPS) is 10.5. The molecular formula is C26H26O7. The van der Waals surface area contributed by atoms with Gasteiger partial charge in [-0.1, -0.05) is 31.4 Å². The highest BCUT2D eigenvalue weighted by Crippen LogP contribution is 2.21. The van der Waals surface area contributed by atoms with Gasteiger partial charge in [0.25, 0.3) is 0 Å². The van der Waals surface area contributed by atoms with Crippen molar-refractivity contribution in [3.63, 3.8) is 0 Å². The average Bonchev–Trinajstić information content (AvgIpc) is 2.81. The standard InChI is InChI=1S/C26H26O7/c1-17(2)25(29)32-14-13-31-22-9-5-20(6-10-22)7-11-23(28)21-8-12-24(18(3)15-21)33-26(30)19(4)16-27/h5-12,15,27H,1,4,13-14,16H2,2-3H3/b11-7+. The largest absolute Gasteiger partial charge is 0.490 e. The monoisotopic (exact) mass is 450 g/mol. The van der Waals surface area contributed by atoms with E-state index in [1.165, 1.54) is 12.1 Å². The lowest BCUT2D eigenvalue weighted by atomic mass is 10.1. The molecule has 0 aliphatic carbocycles. The lowest BCUT2D eigenvalue weighted by Crippen LogP contribution is -2.13. The molecule has 0 bridgehead atoms. The number of ether oxygens (including phenoxy) is 3. The van der Waals surface area contributed by atoms with E-state index in [2.05, 4.69) is 13.2 Å². The van der Waals surface area contributed by atoms with E-state index in [4.69, 9.17) is 19.3 Å². The molecule has 172 valence electrons. The zero-order valence-electron chi connectivity index (χ0n) is 18.6. The maximum atomic E-state index is 12.5. The minimum Gasteiger partial charge on any atom is -0.490 e. The number of esters is 2. The summed E-state index contributed by atoms with van der Waals surface area (Å²) in [6.07, 6.45) is 3.12. The van der Waals surface area contributed by atoms with Crippen molar-refractivity contribution >= 4 is 23.8 Å². The Morgan fingerprint density at radius 1 is 1.00 bits per heavy atom. The third kappa shape index (κ3) is 7.90. The number of benzene rings is 2. The zero-order chi connectivity index (χ0) is 24.4. The fourth-order valence-corrected chi connectivity index (χ4v) is 2.51. The van der Waals surface area contributed by atoms with Crippen LogP contribution in [-0.4, -0.2) is 42.6 Å². The Kier molecular flexibility index (Phi) is 9.32. The van der Waals surface area contributed by atoms with Crippen LogP contribution in [0, 0.1) is 6.92 Å². The van der Waals surface area contributed by atoms with Crippen molar-refractivity contribution < 1.29 is 33.7 Å². The number of hydrogen-bond donors (Lipinski definition) is 1. The summed E-state index contributed by atoms with van der Waals surface area (Å²) in [7, 11) is 0. The van der Waals surface area contributed by atoms with Gasteiger partial charge in [-0.15, -0.1) is 0 Å². The summed E-state index contributed by atoms with van der Waals surface area (Å²) in [4.78, 5) is 35.5. The van der Waals surface area contributed by atoms with Crippen LogP contribution < -0.4 is 9.47 Å². The average molecular weight is 450 g/mol. The predicted molar refractivity (Wildman–Crippen MR) is 124 cm³/mol. The molecule has 0 spiro atoms. The van der Waals surface area contributed by atoms with Crippen molar-refractivity contribution in [2.45, 2.75) is 13.8 Å². The SMILES string of the molecule is C=C(C)C(=O)OCCOc1ccc(/C=C/C(=O)c2ccc(OC(=O)C(=C)CO)c(C)c2)cc1. The first-order valence-corrected chi connectivity index (χ1v) is 10.1. The Labute approximate surface area is 192 Å². The summed E-state index contributed by atoms with van der Waals surface area (Å²) in [5.41, 5.74) is 2.12. The lowest BCUT2D eigenvalue weighted by molar-refractivity contribution is -0.139. The number of allylic oxidation sites excluding steroid dienone is 1. The van der Waals surface area contributed by atoms with E-state index in [0.717, 1.165) is 5.56 Å². The Bertz CT molecular complexity index is 1080. The molecular weight excluding hydrogens is 424 g/mol. The third-order valence-electron chi connectivity index (χ3n) is 4.38. The molecule has 0 amide bonds. The van der Waals surface area contributed by atoms with Crippen molar-refractivity contribution in [2.75, 3.05) is 19.8 Å². The number of aliphatic hydroxyl groups is 1. The van der Waals surface area contributed by atoms with Crippen molar-refractivity contribution in [2.24, 2.45) is 0 Å². The van der Waals surface area contributed by atoms with Crippen molar-refractivity contribution in [3.05, 3.63) is 89.5 Å². The highest BCUT2D eigenvalue weighted by molar-refractivity contribution is 6.07. The second-order valence-corrected chi connectivity index (χ2v) is 7.16. The van der Waals surface area contributed by atoms with Gasteiger partial charge < -0.3 is 19.3 Å². The summed E-state index contributed by atoms with van der Waals surface area (Å²) in [5.74, 6) is -0.493. The van der Waals surface area contributed by atoms with Gasteiger partial charge in [0.15, 0.2) is 5.78 Å². The van der Waals surface area contributed by atoms with Gasteiger partial charge in [0, 0.05) is 11.1 Å². The number of rotatable bonds is 11. The first kappa shape index (κ1) is 25.3. The molecule has 0 radical (unpaired) electrons. The van der Waals surface area contributed by atoms with E-state index in [1.807, 2.05) is 0 Å². The van der Waals surface area contributed by atoms with Gasteiger partial charge in [-0.2, -0.15) is 0 Å². The molecule has 2 aromatic carbocycles. The van der Waals surface area contributed by atoms with Crippen LogP contribution in [0.15, 0.2) is 72.8 Å². The smallest absolute Gasteiger partial charge is 0.341 e. The minimum absolute atomic E-state index is 0.0554. The summed E-state index contributed by atoms with van der Waals surface area (Å²) < 4.78 is 15.6. The van der Waals surface area contributed by atoms with Gasteiger partial charge in [0.1, 0.15) is 24.7 Å². The number of aryl methyl sites for hydroxylation is 1. The van der Waals surface area contributed by atoms with Crippen molar-refractivity contribution in [1.29, 1.82) is 0 Å². The summed E-state index contributed by atoms with van der Waals surface area (Å²) in [6.45, 7) is 10.1. The number of carbonyl (C=O) groups is 3. The molecule has 0 aliphatic rings. The zero-order valence-corrected chi connectivity index (χ0v) is 18.6. The second kappa shape index (κ2) is 12.2. The molecule has 1 N–H and O–H groups in total. The van der Waals surface area contributed by atoms with Crippen LogP contribution in [0.4, 0.5) is 0 Å². The number of ketones is 1. The Balaban J connectivity index is 1.91. The fraction of sp³-hybridized carbons (Fsp3) is 0.192. The quantitative estimate of drug-likeness (QED) is 0.183. The van der Waals surface area contributed by atoms with E-state index >= 15 is 0 Å². The molecule has 7 nitrogen and oxygen atoms in total. The van der Waals surface area contributed by atoms with Gasteiger partial charge in [-0.3, -0.25) is 4.79 Å². The third-order valence-corrected chi connectivity index (χ3v) is 4.38. The van der Waals surface area contributed by atoms with Gasteiger partial charge in [0.05, 0.1) is 12.2 Å². The highest BCUT2D eigenvalue weighted by Gasteiger charge is 2.12. The maximum absolute atomic E-state index is 12.5. The minimum atomic E-state index is -0.722. The first-order chi connectivity index (χ1) is 15.7. The van der Waals surface area contributed by atoms with Gasteiger partial charge in [-0.05, 0) is 61.4 Å². The van der Waals surface area contributed by atoms with E-state index in [1.54, 1.807) is 56.3 Å². The lowest BCUT2D eigenvalue weighted by Gasteiger charge is -2.09. The molecule has 0 heterocycles. The molecule has 7 heteroatoms. The number of hydrogen-bond acceptors (Lipinski definition) is 7. The topological polar surface area (TPSA) is 99.1 Å². The Morgan fingerprint density at radius 3 is 2.30 bits per heavy atom. The van der Waals surface area contributed by atoms with Crippen LogP contribution in [0.5, 0.6) is 11.5 Å². The van der Waals surface area contributed by atoms with Crippen LogP contribution in [0.2, 0.25) is 0 Å². The van der Waals surface area contributed by atoms with E-state index in [9.17, 15) is 14.4 Å². The van der Waals surface area contributed by atoms with Crippen LogP contribution in [0.25, 0.3) is 6.08 Å². The van der Waals surface area contributed by atoms with Gasteiger partial charge in [-0.25, -0.2) is 9.59 Å². The highest BCUT2D eigenvalue weighted by atomic mass is 16.6. The molecule has 0 saturated heterocycles. The number of aliphatic hydroxyl groups excluding tert-OH is 1. The first-order valence-electron chi connectivity index (χ1n) is 10.1. The van der Waals surface area contributed by atoms with Crippen LogP contribution in [-0.2, 0) is 14.3 Å². The summed E-state index contributed by atoms with van der Waals surface area (Å²) in [5, 5.41) is 8.94. The van der Waals surface area contributed by atoms with Gasteiger partial charge >= 0.3 is 11.9 Å². The predicted octanol–water partition coefficient (Wildman–Crippen LogP) is 3.84. The molecule has 2 rings (SSSR count). The van der Waals surface area contributed by atoms with E-state index in [-0.39, 0.29) is 24.6 Å². The second-order valence-electron chi connectivity index (χ2n) is 7.16. The summed E-state index contributed by atoms with van der Waals surface area (Å²) in [6, 6.07) is 11.8. The van der Waals surface area contributed by atoms with Crippen LogP contribution >= 0.6 is 0 Å². The molecule has 0 fully saturated rings. The van der Waals surface area contributed by atoms with Crippen molar-refractivity contribution in [1.82, 2.24) is 0 Å². The van der Waals surface area contributed by atoms with Gasteiger partial charge in [0.2, 0.25) is 0 Å². The fourth-order valence-electron chi connectivity index (χ4n) is 2.51. The molecule has 0 atom stereocenters. The molecule has 33 heavy (non-hydrogen) atoms. The molecule has 0 saturated carbocycles. The van der Waals surface area contributed by atoms with Crippen LogP contribution in [0.1, 0.15) is 28.4 Å². The number of carbonyl (C=O) groups excluding carboxylic acids is 3. The Hall–Kier alpha value is -3.97. The molecule has 0 unspecified atom stereocenters. The van der Waals surface area contributed by atoms with Crippen molar-refractivity contribution in [3.8, 4) is 11.5 Å². The molecule has 0 aromatic heterocycles. The van der Waals surface area contributed by atoms with E-state index < -0.39 is 18.5 Å². The maximum Gasteiger partial charge on any atom is 0.341 e. The van der Waals surface area contributed by atoms with E-state index in [0.29, 0.717) is 28.2 Å². The molecule has 0 aliphatic heterocycles. The summed E-state index contributed by atoms with van der Waals surface area (Å²) >= 11 is 0.